The van der Waals surface area contributed by atoms with Gasteiger partial charge in [0.15, 0.2) is 11.5 Å². The largest absolute Gasteiger partial charge is 0.454 e. The number of hydrogen-bond donors (Lipinski definition) is 2. The molecule has 8 heteroatoms. The first kappa shape index (κ1) is 24.4. The molecule has 1 atom stereocenters. The van der Waals surface area contributed by atoms with Crippen molar-refractivity contribution < 1.29 is 18.9 Å². The lowest BCUT2D eigenvalue weighted by Crippen LogP contribution is -2.40. The molecule has 1 aromatic rings. The molecule has 0 spiro atoms. The van der Waals surface area contributed by atoms with Crippen LogP contribution in [0.5, 0.6) is 11.5 Å². The minimum atomic E-state index is -0.449. The first-order valence-corrected chi connectivity index (χ1v) is 11.4. The summed E-state index contributed by atoms with van der Waals surface area (Å²) in [6.07, 6.45) is 9.30. The zero-order valence-corrected chi connectivity index (χ0v) is 19.4. The second-order valence-corrected chi connectivity index (χ2v) is 8.19. The van der Waals surface area contributed by atoms with Crippen LogP contribution in [0.25, 0.3) is 0 Å². The highest BCUT2D eigenvalue weighted by Gasteiger charge is 2.25. The van der Waals surface area contributed by atoms with Gasteiger partial charge in [-0.1, -0.05) is 24.3 Å². The Morgan fingerprint density at radius 1 is 1.28 bits per heavy atom. The number of benzene rings is 1. The lowest BCUT2D eigenvalue weighted by atomic mass is 9.91. The summed E-state index contributed by atoms with van der Waals surface area (Å²) in [5.74, 6) is 2.01. The van der Waals surface area contributed by atoms with Crippen molar-refractivity contribution in [2.24, 2.45) is 5.92 Å². The van der Waals surface area contributed by atoms with Gasteiger partial charge in [-0.15, -0.1) is 0 Å². The fraction of sp³-hybridized carbons (Fsp3) is 0.542. The zero-order valence-electron chi connectivity index (χ0n) is 19.4. The van der Waals surface area contributed by atoms with Crippen molar-refractivity contribution >= 4 is 13.5 Å². The van der Waals surface area contributed by atoms with Gasteiger partial charge in [-0.3, -0.25) is 4.79 Å². The van der Waals surface area contributed by atoms with Crippen LogP contribution in [0.15, 0.2) is 42.0 Å². The van der Waals surface area contributed by atoms with Crippen molar-refractivity contribution in [3.63, 3.8) is 0 Å². The van der Waals surface area contributed by atoms with E-state index < -0.39 is 6.04 Å². The predicted molar refractivity (Wildman–Crippen MR) is 127 cm³/mol. The minimum absolute atomic E-state index is 0.0442. The number of nitrogens with one attached hydrogen (secondary N) is 2. The number of nitrogens with zero attached hydrogens (tertiary/aromatic N) is 1. The van der Waals surface area contributed by atoms with Gasteiger partial charge in [0.25, 0.3) is 0 Å². The molecule has 2 heterocycles. The van der Waals surface area contributed by atoms with E-state index in [9.17, 15) is 4.79 Å². The average molecular weight is 440 g/mol. The number of rotatable bonds is 11. The monoisotopic (exact) mass is 440 g/mol. The molecular weight excluding hydrogens is 405 g/mol. The summed E-state index contributed by atoms with van der Waals surface area (Å²) in [5, 5.41) is 6.57. The number of allylic oxidation sites excluding steroid dienone is 2. The fourth-order valence-electron chi connectivity index (χ4n) is 4.15. The number of fused-ring (bicyclic) bond motifs is 1. The maximum absolute atomic E-state index is 13.1. The highest BCUT2D eigenvalue weighted by atomic mass is 16.7. The quantitative estimate of drug-likeness (QED) is 0.407. The third kappa shape index (κ3) is 6.86. The molecule has 1 aromatic carbocycles. The molecule has 1 radical (unpaired) electrons. The molecule has 2 aliphatic heterocycles. The van der Waals surface area contributed by atoms with Crippen LogP contribution in [-0.4, -0.2) is 58.4 Å². The van der Waals surface area contributed by atoms with E-state index in [1.165, 1.54) is 0 Å². The summed E-state index contributed by atoms with van der Waals surface area (Å²) in [4.78, 5) is 15.4. The molecule has 0 aliphatic carbocycles. The van der Waals surface area contributed by atoms with Gasteiger partial charge in [0, 0.05) is 13.7 Å². The summed E-state index contributed by atoms with van der Waals surface area (Å²) < 4.78 is 16.1. The first-order chi connectivity index (χ1) is 15.6. The van der Waals surface area contributed by atoms with Crippen molar-refractivity contribution in [2.45, 2.75) is 39.2 Å². The van der Waals surface area contributed by atoms with Crippen molar-refractivity contribution in [2.75, 3.05) is 40.1 Å². The van der Waals surface area contributed by atoms with E-state index in [0.29, 0.717) is 18.2 Å². The molecule has 1 fully saturated rings. The average Bonchev–Trinajstić information content (AvgIpc) is 3.28. The third-order valence-corrected chi connectivity index (χ3v) is 6.02. The van der Waals surface area contributed by atoms with E-state index >= 15 is 0 Å². The Balaban J connectivity index is 1.60. The van der Waals surface area contributed by atoms with Crippen LogP contribution in [0, 0.1) is 5.92 Å². The Morgan fingerprint density at radius 2 is 2.06 bits per heavy atom. The molecule has 173 valence electrons. The fourth-order valence-corrected chi connectivity index (χ4v) is 4.15. The molecule has 1 saturated heterocycles. The number of amides is 1. The van der Waals surface area contributed by atoms with Crippen molar-refractivity contribution in [1.29, 1.82) is 0 Å². The molecule has 2 aliphatic rings. The molecule has 2 N–H and O–H groups in total. The van der Waals surface area contributed by atoms with E-state index in [4.69, 9.17) is 14.1 Å². The number of carbonyl (C=O) groups is 1. The van der Waals surface area contributed by atoms with Crippen molar-refractivity contribution in [3.05, 3.63) is 47.6 Å². The Morgan fingerprint density at radius 3 is 2.78 bits per heavy atom. The van der Waals surface area contributed by atoms with Gasteiger partial charge in [0.1, 0.15) is 6.04 Å². The van der Waals surface area contributed by atoms with E-state index in [2.05, 4.69) is 15.4 Å². The van der Waals surface area contributed by atoms with E-state index in [1.807, 2.05) is 50.3 Å². The molecule has 0 saturated carbocycles. The Bertz CT molecular complexity index is 806. The normalized spacial score (nSPS) is 18.2. The van der Waals surface area contributed by atoms with E-state index in [0.717, 1.165) is 55.8 Å². The van der Waals surface area contributed by atoms with Gasteiger partial charge in [0.2, 0.25) is 12.7 Å². The van der Waals surface area contributed by atoms with Crippen molar-refractivity contribution in [3.8, 4) is 11.5 Å². The number of hydrogen-bond acceptors (Lipinski definition) is 6. The third-order valence-electron chi connectivity index (χ3n) is 6.02. The second-order valence-electron chi connectivity index (χ2n) is 8.19. The molecule has 32 heavy (non-hydrogen) atoms. The molecule has 7 nitrogen and oxygen atoms in total. The number of ether oxygens (including phenoxy) is 2. The lowest BCUT2D eigenvalue weighted by Gasteiger charge is -2.31. The summed E-state index contributed by atoms with van der Waals surface area (Å²) in [6, 6.07) is 5.27. The SMILES string of the molecule is C/C=C\C(=C/C)CNC(=O)C(NCCC1CCN([B]OC)CC1)c1ccc2c(c1)OCO2. The number of piperidine rings is 1. The standard InChI is InChI=1S/C24H35BN3O4/c1-4-6-18(5-2)16-27-24(29)23(20-7-8-21-22(15-20)32-17-31-21)26-12-9-19-10-13-28(14-11-19)25-30-3/h4-8,15,19,23,26H,9-14,16-17H2,1-3H3,(H,27,29)/b6-4-,18-5+. The first-order valence-electron chi connectivity index (χ1n) is 11.4. The van der Waals surface area contributed by atoms with Gasteiger partial charge >= 0.3 is 7.62 Å². The van der Waals surface area contributed by atoms with Crippen LogP contribution < -0.4 is 20.1 Å². The Labute approximate surface area is 192 Å². The van der Waals surface area contributed by atoms with Gasteiger partial charge in [-0.05, 0) is 81.9 Å². The van der Waals surface area contributed by atoms with Crippen LogP contribution in [0.4, 0.5) is 0 Å². The van der Waals surface area contributed by atoms with Crippen LogP contribution >= 0.6 is 0 Å². The highest BCUT2D eigenvalue weighted by Crippen LogP contribution is 2.34. The molecule has 0 aromatic heterocycles. The van der Waals surface area contributed by atoms with Crippen LogP contribution in [0.2, 0.25) is 0 Å². The predicted octanol–water partition coefficient (Wildman–Crippen LogP) is 2.97. The number of carbonyl (C=O) groups excluding carboxylic acids is 1. The van der Waals surface area contributed by atoms with Gasteiger partial charge in [0.05, 0.1) is 0 Å². The summed E-state index contributed by atoms with van der Waals surface area (Å²) >= 11 is 0. The molecule has 1 amide bonds. The zero-order chi connectivity index (χ0) is 22.8. The van der Waals surface area contributed by atoms with E-state index in [1.54, 1.807) is 14.7 Å². The van der Waals surface area contributed by atoms with Crippen LogP contribution in [0.1, 0.15) is 44.7 Å². The molecule has 3 rings (SSSR count). The van der Waals surface area contributed by atoms with E-state index in [-0.39, 0.29) is 12.7 Å². The molecule has 0 bridgehead atoms. The summed E-state index contributed by atoms with van der Waals surface area (Å²) in [7, 11) is 3.50. The Kier molecular flexibility index (Phi) is 9.65. The van der Waals surface area contributed by atoms with Crippen LogP contribution in [-0.2, 0) is 9.45 Å². The lowest BCUT2D eigenvalue weighted by molar-refractivity contribution is -0.123. The van der Waals surface area contributed by atoms with Crippen LogP contribution in [0.3, 0.4) is 0 Å². The second kappa shape index (κ2) is 12.7. The Hall–Kier alpha value is -2.29. The topological polar surface area (TPSA) is 72.1 Å². The maximum atomic E-state index is 13.1. The minimum Gasteiger partial charge on any atom is -0.454 e. The molecule has 1 unspecified atom stereocenters. The van der Waals surface area contributed by atoms with Gasteiger partial charge in [-0.25, -0.2) is 0 Å². The highest BCUT2D eigenvalue weighted by molar-refractivity contribution is 6.23. The maximum Gasteiger partial charge on any atom is 0.398 e. The van der Waals surface area contributed by atoms with Crippen molar-refractivity contribution in [1.82, 2.24) is 15.4 Å². The molecular formula is C24H35BN3O4. The summed E-state index contributed by atoms with van der Waals surface area (Å²) in [5.41, 5.74) is 1.95. The van der Waals surface area contributed by atoms with Gasteiger partial charge < -0.3 is 29.6 Å². The smallest absolute Gasteiger partial charge is 0.398 e. The summed E-state index contributed by atoms with van der Waals surface area (Å²) in [6.45, 7) is 7.47. The van der Waals surface area contributed by atoms with Gasteiger partial charge in [-0.2, -0.15) is 0 Å².